The molecule has 0 radical (unpaired) electrons. The summed E-state index contributed by atoms with van der Waals surface area (Å²) < 4.78 is 29.8. The summed E-state index contributed by atoms with van der Waals surface area (Å²) in [7, 11) is -0.844. The van der Waals surface area contributed by atoms with Crippen LogP contribution in [0.25, 0.3) is 6.08 Å². The zero-order valence-electron chi connectivity index (χ0n) is 14.3. The molecule has 0 bridgehead atoms. The lowest BCUT2D eigenvalue weighted by Crippen LogP contribution is -2.18. The van der Waals surface area contributed by atoms with Crippen molar-refractivity contribution in [3.8, 4) is 0 Å². The van der Waals surface area contributed by atoms with Gasteiger partial charge >= 0.3 is 13.4 Å². The molecule has 0 aliphatic carbocycles. The minimum absolute atomic E-state index is 0.0654. The standard InChI is InChI=1S/C19H17BF2N2O2/c1-23-16(9-11-18(23)14-5-3-2-4-6-14)13-17-8-7-15(10-12-19(25)26)24(17)20(21)22/h2-9,11,13H,10,12H2,1H3/p+1. The molecule has 0 unspecified atom stereocenters. The number of allylic oxidation sites excluding steroid dienone is 2. The second kappa shape index (κ2) is 7.51. The zero-order chi connectivity index (χ0) is 18.7. The van der Waals surface area contributed by atoms with Crippen molar-refractivity contribution < 1.29 is 23.1 Å². The SMILES string of the molecule is C[N+]1=C(c2ccccc2)C=C/C1=C/c1ccc(CCC(=O)O)n1B(F)F. The van der Waals surface area contributed by atoms with E-state index in [9.17, 15) is 13.4 Å². The van der Waals surface area contributed by atoms with Crippen LogP contribution >= 0.6 is 0 Å². The summed E-state index contributed by atoms with van der Waals surface area (Å²) in [6.07, 6.45) is 5.39. The Bertz CT molecular complexity index is 915. The van der Waals surface area contributed by atoms with Gasteiger partial charge in [0.1, 0.15) is 7.05 Å². The Hall–Kier alpha value is -2.96. The quantitative estimate of drug-likeness (QED) is 0.638. The van der Waals surface area contributed by atoms with Crippen molar-refractivity contribution in [2.24, 2.45) is 0 Å². The number of nitrogens with zero attached hydrogens (tertiary/aromatic N) is 2. The van der Waals surface area contributed by atoms with Gasteiger partial charge in [-0.2, -0.15) is 4.58 Å². The van der Waals surface area contributed by atoms with Crippen LogP contribution in [0.4, 0.5) is 8.63 Å². The van der Waals surface area contributed by atoms with Crippen LogP contribution in [0, 0.1) is 0 Å². The summed E-state index contributed by atoms with van der Waals surface area (Å²) in [5.74, 6) is -1.01. The van der Waals surface area contributed by atoms with Gasteiger partial charge in [-0.1, -0.05) is 18.2 Å². The summed E-state index contributed by atoms with van der Waals surface area (Å²) in [6.45, 7) is 0. The van der Waals surface area contributed by atoms with E-state index in [-0.39, 0.29) is 12.8 Å². The summed E-state index contributed by atoms with van der Waals surface area (Å²) in [5.41, 5.74) is 3.47. The van der Waals surface area contributed by atoms with E-state index in [0.29, 0.717) is 11.4 Å². The highest BCUT2D eigenvalue weighted by atomic mass is 19.2. The molecule has 1 aliphatic rings. The fraction of sp³-hybridized carbons (Fsp3) is 0.158. The average molecular weight is 355 g/mol. The van der Waals surface area contributed by atoms with Crippen molar-refractivity contribution >= 4 is 25.2 Å². The van der Waals surface area contributed by atoms with Crippen molar-refractivity contribution in [3.63, 3.8) is 0 Å². The maximum Gasteiger partial charge on any atom is 0.677 e. The lowest BCUT2D eigenvalue weighted by molar-refractivity contribution is -0.432. The number of aryl methyl sites for hydroxylation is 1. The molecule has 1 aliphatic heterocycles. The van der Waals surface area contributed by atoms with Gasteiger partial charge in [0.05, 0.1) is 6.42 Å². The number of carboxylic acid groups (broad SMARTS) is 1. The Balaban J connectivity index is 1.94. The molecular formula is C19H18BF2N2O2+. The van der Waals surface area contributed by atoms with Crippen molar-refractivity contribution in [3.05, 3.63) is 77.3 Å². The maximum atomic E-state index is 13.5. The van der Waals surface area contributed by atoms with Crippen molar-refractivity contribution in [1.82, 2.24) is 4.48 Å². The predicted octanol–water partition coefficient (Wildman–Crippen LogP) is 3.32. The first kappa shape index (κ1) is 17.9. The minimum Gasteiger partial charge on any atom is -0.481 e. The fourth-order valence-electron chi connectivity index (χ4n) is 3.02. The molecule has 2 heterocycles. The van der Waals surface area contributed by atoms with E-state index in [0.717, 1.165) is 21.5 Å². The molecule has 1 aromatic heterocycles. The van der Waals surface area contributed by atoms with E-state index >= 15 is 0 Å². The molecule has 0 amide bonds. The Kier molecular flexibility index (Phi) is 5.16. The number of benzene rings is 1. The van der Waals surface area contributed by atoms with Gasteiger partial charge in [-0.25, -0.2) is 0 Å². The lowest BCUT2D eigenvalue weighted by Gasteiger charge is -2.07. The van der Waals surface area contributed by atoms with Crippen LogP contribution in [0.5, 0.6) is 0 Å². The van der Waals surface area contributed by atoms with Crippen molar-refractivity contribution in [2.75, 3.05) is 7.05 Å². The first-order chi connectivity index (χ1) is 12.5. The molecular weight excluding hydrogens is 337 g/mol. The Morgan fingerprint density at radius 1 is 1.19 bits per heavy atom. The Morgan fingerprint density at radius 3 is 2.58 bits per heavy atom. The van der Waals surface area contributed by atoms with Crippen LogP contribution in [0.1, 0.15) is 23.4 Å². The number of aliphatic carboxylic acids is 1. The number of carbonyl (C=O) groups is 1. The van der Waals surface area contributed by atoms with Gasteiger partial charge in [-0.3, -0.25) is 13.4 Å². The van der Waals surface area contributed by atoms with E-state index in [1.165, 1.54) is 0 Å². The van der Waals surface area contributed by atoms with Crippen LogP contribution in [0.2, 0.25) is 0 Å². The molecule has 0 atom stereocenters. The molecule has 3 rings (SSSR count). The summed E-state index contributed by atoms with van der Waals surface area (Å²) in [6, 6.07) is 13.0. The average Bonchev–Trinajstić information content (AvgIpc) is 3.18. The summed E-state index contributed by atoms with van der Waals surface area (Å²) in [4.78, 5) is 10.7. The number of hydrogen-bond acceptors (Lipinski definition) is 1. The van der Waals surface area contributed by atoms with Crippen LogP contribution in [-0.2, 0) is 11.2 Å². The molecule has 0 spiro atoms. The molecule has 1 aromatic carbocycles. The predicted molar refractivity (Wildman–Crippen MR) is 97.6 cm³/mol. The Morgan fingerprint density at radius 2 is 1.92 bits per heavy atom. The molecule has 4 nitrogen and oxygen atoms in total. The van der Waals surface area contributed by atoms with Gasteiger partial charge in [0, 0.05) is 35.2 Å². The summed E-state index contributed by atoms with van der Waals surface area (Å²) in [5, 5.41) is 8.79. The van der Waals surface area contributed by atoms with Gasteiger partial charge in [0.15, 0.2) is 0 Å². The zero-order valence-corrected chi connectivity index (χ0v) is 14.3. The van der Waals surface area contributed by atoms with Gasteiger partial charge in [-0.05, 0) is 30.7 Å². The third-order valence-electron chi connectivity index (χ3n) is 4.35. The number of halogens is 2. The van der Waals surface area contributed by atoms with E-state index < -0.39 is 13.4 Å². The second-order valence-corrected chi connectivity index (χ2v) is 6.00. The number of carboxylic acids is 1. The van der Waals surface area contributed by atoms with Crippen LogP contribution in [0.3, 0.4) is 0 Å². The van der Waals surface area contributed by atoms with Gasteiger partial charge < -0.3 is 9.58 Å². The second-order valence-electron chi connectivity index (χ2n) is 6.00. The third kappa shape index (κ3) is 3.66. The van der Waals surface area contributed by atoms with Crippen molar-refractivity contribution in [2.45, 2.75) is 12.8 Å². The maximum absolute atomic E-state index is 13.5. The van der Waals surface area contributed by atoms with Crippen LogP contribution in [0.15, 0.2) is 60.3 Å². The number of rotatable bonds is 6. The highest BCUT2D eigenvalue weighted by molar-refractivity contribution is 6.41. The molecule has 26 heavy (non-hydrogen) atoms. The van der Waals surface area contributed by atoms with Crippen molar-refractivity contribution in [1.29, 1.82) is 0 Å². The monoisotopic (exact) mass is 355 g/mol. The normalized spacial score (nSPS) is 15.1. The van der Waals surface area contributed by atoms with Crippen LogP contribution in [-0.4, -0.2) is 40.3 Å². The highest BCUT2D eigenvalue weighted by Gasteiger charge is 2.25. The molecule has 7 heteroatoms. The third-order valence-corrected chi connectivity index (χ3v) is 4.35. The van der Waals surface area contributed by atoms with E-state index in [2.05, 4.69) is 0 Å². The van der Waals surface area contributed by atoms with Gasteiger partial charge in [-0.15, -0.1) is 0 Å². The smallest absolute Gasteiger partial charge is 0.481 e. The number of likely N-dealkylation sites (N-methyl/N-ethyl adjacent to an activating group) is 1. The Labute approximate surface area is 150 Å². The minimum atomic E-state index is -2.73. The van der Waals surface area contributed by atoms with E-state index in [1.807, 2.05) is 54.1 Å². The highest BCUT2D eigenvalue weighted by Crippen LogP contribution is 2.20. The molecule has 0 fully saturated rings. The number of aromatic nitrogens is 1. The van der Waals surface area contributed by atoms with E-state index in [4.69, 9.17) is 5.11 Å². The summed E-state index contributed by atoms with van der Waals surface area (Å²) >= 11 is 0. The van der Waals surface area contributed by atoms with Gasteiger partial charge in [0.2, 0.25) is 11.4 Å². The topological polar surface area (TPSA) is 45.2 Å². The first-order valence-electron chi connectivity index (χ1n) is 8.23. The lowest BCUT2D eigenvalue weighted by atomic mass is 10.1. The largest absolute Gasteiger partial charge is 0.677 e. The fourth-order valence-corrected chi connectivity index (χ4v) is 3.02. The molecule has 0 saturated heterocycles. The first-order valence-corrected chi connectivity index (χ1v) is 8.23. The van der Waals surface area contributed by atoms with Gasteiger partial charge in [0.25, 0.3) is 0 Å². The van der Waals surface area contributed by atoms with E-state index in [1.54, 1.807) is 18.2 Å². The molecule has 1 N–H and O–H groups in total. The molecule has 2 aromatic rings. The molecule has 0 saturated carbocycles. The molecule has 132 valence electrons. The van der Waals surface area contributed by atoms with Crippen LogP contribution < -0.4 is 0 Å². The number of hydrogen-bond donors (Lipinski definition) is 1.